The van der Waals surface area contributed by atoms with Crippen LogP contribution in [0.15, 0.2) is 30.6 Å². The molecule has 0 amide bonds. The number of rotatable bonds is 5. The van der Waals surface area contributed by atoms with Crippen LogP contribution >= 0.6 is 35.4 Å². The zero-order valence-corrected chi connectivity index (χ0v) is 16.0. The first-order valence-electron chi connectivity index (χ1n) is 8.03. The molecule has 0 spiro atoms. The molecule has 1 aliphatic rings. The SMILES string of the molecule is COc1ccc(C(=S)Nc2c(Cl)cncc2Cl)c(OC2CCCC2)c1. The second kappa shape index (κ2) is 8.21. The van der Waals surface area contributed by atoms with Gasteiger partial charge in [-0.3, -0.25) is 4.98 Å². The fourth-order valence-corrected chi connectivity index (χ4v) is 3.54. The van der Waals surface area contributed by atoms with Crippen molar-refractivity contribution in [2.24, 2.45) is 0 Å². The number of benzene rings is 1. The summed E-state index contributed by atoms with van der Waals surface area (Å²) in [5.74, 6) is 1.42. The van der Waals surface area contributed by atoms with Gasteiger partial charge in [-0.2, -0.15) is 0 Å². The first-order chi connectivity index (χ1) is 12.1. The molecule has 1 saturated carbocycles. The molecule has 0 saturated heterocycles. The number of pyridine rings is 1. The fourth-order valence-electron chi connectivity index (χ4n) is 2.81. The van der Waals surface area contributed by atoms with Crippen molar-refractivity contribution < 1.29 is 9.47 Å². The van der Waals surface area contributed by atoms with Gasteiger partial charge in [-0.1, -0.05) is 35.4 Å². The standard InChI is InChI=1S/C18H18Cl2N2O2S/c1-23-12-6-7-13(16(8-12)24-11-4-2-3-5-11)18(25)22-17-14(19)9-21-10-15(17)20/h6-11H,2-5H2,1H3,(H,21,22,25). The number of hydrogen-bond donors (Lipinski definition) is 1. The van der Waals surface area contributed by atoms with Gasteiger partial charge in [0.1, 0.15) is 16.5 Å². The maximum Gasteiger partial charge on any atom is 0.133 e. The normalized spacial score (nSPS) is 14.4. The van der Waals surface area contributed by atoms with E-state index < -0.39 is 0 Å². The van der Waals surface area contributed by atoms with Crippen molar-refractivity contribution in [1.29, 1.82) is 0 Å². The zero-order valence-electron chi connectivity index (χ0n) is 13.7. The summed E-state index contributed by atoms with van der Waals surface area (Å²) in [6.07, 6.45) is 7.73. The van der Waals surface area contributed by atoms with Crippen LogP contribution in [0.2, 0.25) is 10.0 Å². The molecule has 1 aromatic heterocycles. The summed E-state index contributed by atoms with van der Waals surface area (Å²) in [4.78, 5) is 4.42. The predicted octanol–water partition coefficient (Wildman–Crippen LogP) is 5.51. The topological polar surface area (TPSA) is 43.4 Å². The Morgan fingerprint density at radius 1 is 1.20 bits per heavy atom. The van der Waals surface area contributed by atoms with Gasteiger partial charge >= 0.3 is 0 Å². The minimum Gasteiger partial charge on any atom is -0.497 e. The van der Waals surface area contributed by atoms with Gasteiger partial charge in [-0.15, -0.1) is 0 Å². The van der Waals surface area contributed by atoms with E-state index >= 15 is 0 Å². The number of nitrogens with zero attached hydrogens (tertiary/aromatic N) is 1. The Labute approximate surface area is 162 Å². The molecule has 0 bridgehead atoms. The summed E-state index contributed by atoms with van der Waals surface area (Å²) in [6, 6.07) is 5.58. The summed E-state index contributed by atoms with van der Waals surface area (Å²) in [5, 5.41) is 3.91. The molecule has 3 rings (SSSR count). The third kappa shape index (κ3) is 4.35. The monoisotopic (exact) mass is 396 g/mol. The number of hydrogen-bond acceptors (Lipinski definition) is 4. The smallest absolute Gasteiger partial charge is 0.133 e. The van der Waals surface area contributed by atoms with E-state index in [1.165, 1.54) is 25.2 Å². The highest BCUT2D eigenvalue weighted by Crippen LogP contribution is 2.33. The summed E-state index contributed by atoms with van der Waals surface area (Å²) in [6.45, 7) is 0. The highest BCUT2D eigenvalue weighted by molar-refractivity contribution is 7.81. The van der Waals surface area contributed by atoms with Gasteiger partial charge in [-0.25, -0.2) is 0 Å². The second-order valence-corrected chi connectivity index (χ2v) is 7.04. The molecule has 0 unspecified atom stereocenters. The van der Waals surface area contributed by atoms with Gasteiger partial charge in [0, 0.05) is 18.5 Å². The number of aromatic nitrogens is 1. The molecular weight excluding hydrogens is 379 g/mol. The molecular formula is C18H18Cl2N2O2S. The number of methoxy groups -OCH3 is 1. The average molecular weight is 397 g/mol. The lowest BCUT2D eigenvalue weighted by molar-refractivity contribution is 0.209. The van der Waals surface area contributed by atoms with Gasteiger partial charge in [0.15, 0.2) is 0 Å². The summed E-state index contributed by atoms with van der Waals surface area (Å²) in [5.41, 5.74) is 1.30. The van der Waals surface area contributed by atoms with E-state index in [-0.39, 0.29) is 6.10 Å². The molecule has 0 aliphatic heterocycles. The number of anilines is 1. The van der Waals surface area contributed by atoms with Crippen LogP contribution in [0, 0.1) is 0 Å². The van der Waals surface area contributed by atoms with Crippen LogP contribution in [0.3, 0.4) is 0 Å². The molecule has 1 N–H and O–H groups in total. The molecule has 1 fully saturated rings. The third-order valence-electron chi connectivity index (χ3n) is 4.12. The molecule has 25 heavy (non-hydrogen) atoms. The number of nitrogens with one attached hydrogen (secondary N) is 1. The molecule has 4 nitrogen and oxygen atoms in total. The van der Waals surface area contributed by atoms with Crippen molar-refractivity contribution >= 4 is 46.1 Å². The van der Waals surface area contributed by atoms with Crippen molar-refractivity contribution in [1.82, 2.24) is 4.98 Å². The Hall–Kier alpha value is -1.56. The van der Waals surface area contributed by atoms with Gasteiger partial charge in [0.25, 0.3) is 0 Å². The fraction of sp³-hybridized carbons (Fsp3) is 0.333. The van der Waals surface area contributed by atoms with E-state index in [2.05, 4.69) is 10.3 Å². The molecule has 0 atom stereocenters. The van der Waals surface area contributed by atoms with Crippen molar-refractivity contribution in [3.63, 3.8) is 0 Å². The number of halogens is 2. The first kappa shape index (κ1) is 18.2. The average Bonchev–Trinajstić information content (AvgIpc) is 3.11. The second-order valence-electron chi connectivity index (χ2n) is 5.82. The van der Waals surface area contributed by atoms with Crippen molar-refractivity contribution in [3.05, 3.63) is 46.2 Å². The van der Waals surface area contributed by atoms with Gasteiger partial charge < -0.3 is 14.8 Å². The van der Waals surface area contributed by atoms with Crippen LogP contribution in [0.5, 0.6) is 11.5 Å². The van der Waals surface area contributed by atoms with Crippen LogP contribution in [-0.2, 0) is 0 Å². The Morgan fingerprint density at radius 2 is 1.88 bits per heavy atom. The third-order valence-corrected chi connectivity index (χ3v) is 5.02. The summed E-state index contributed by atoms with van der Waals surface area (Å²) < 4.78 is 11.5. The summed E-state index contributed by atoms with van der Waals surface area (Å²) >= 11 is 17.9. The van der Waals surface area contributed by atoms with Gasteiger partial charge in [-0.05, 0) is 37.8 Å². The lowest BCUT2D eigenvalue weighted by atomic mass is 10.1. The lowest BCUT2D eigenvalue weighted by Crippen LogP contribution is -2.17. The maximum atomic E-state index is 6.18. The minimum atomic E-state index is 0.210. The van der Waals surface area contributed by atoms with E-state index in [0.29, 0.717) is 26.5 Å². The molecule has 2 aromatic rings. The number of thiocarbonyl (C=S) groups is 1. The lowest BCUT2D eigenvalue weighted by Gasteiger charge is -2.19. The summed E-state index contributed by atoms with van der Waals surface area (Å²) in [7, 11) is 1.63. The largest absolute Gasteiger partial charge is 0.497 e. The van der Waals surface area contributed by atoms with Crippen LogP contribution in [0.25, 0.3) is 0 Å². The van der Waals surface area contributed by atoms with Crippen molar-refractivity contribution in [2.45, 2.75) is 31.8 Å². The van der Waals surface area contributed by atoms with Crippen LogP contribution in [-0.4, -0.2) is 23.2 Å². The molecule has 1 aromatic carbocycles. The van der Waals surface area contributed by atoms with E-state index in [4.69, 9.17) is 44.9 Å². The van der Waals surface area contributed by atoms with E-state index in [0.717, 1.165) is 24.2 Å². The van der Waals surface area contributed by atoms with Crippen LogP contribution < -0.4 is 14.8 Å². The Balaban J connectivity index is 1.88. The quantitative estimate of drug-likeness (QED) is 0.675. The minimum absolute atomic E-state index is 0.210. The number of ether oxygens (including phenoxy) is 2. The first-order valence-corrected chi connectivity index (χ1v) is 9.20. The van der Waals surface area contributed by atoms with Gasteiger partial charge in [0.05, 0.1) is 34.5 Å². The molecule has 132 valence electrons. The Kier molecular flexibility index (Phi) is 5.99. The van der Waals surface area contributed by atoms with Crippen LogP contribution in [0.1, 0.15) is 31.2 Å². The molecule has 1 aliphatic carbocycles. The zero-order chi connectivity index (χ0) is 17.8. The van der Waals surface area contributed by atoms with E-state index in [1.807, 2.05) is 18.2 Å². The molecule has 7 heteroatoms. The highest BCUT2D eigenvalue weighted by atomic mass is 35.5. The maximum absolute atomic E-state index is 6.18. The van der Waals surface area contributed by atoms with Crippen LogP contribution in [0.4, 0.5) is 5.69 Å². The Bertz CT molecular complexity index is 759. The van der Waals surface area contributed by atoms with E-state index in [9.17, 15) is 0 Å². The van der Waals surface area contributed by atoms with E-state index in [1.54, 1.807) is 7.11 Å². The molecule has 1 heterocycles. The Morgan fingerprint density at radius 3 is 2.52 bits per heavy atom. The van der Waals surface area contributed by atoms with Crippen molar-refractivity contribution in [3.8, 4) is 11.5 Å². The van der Waals surface area contributed by atoms with Crippen molar-refractivity contribution in [2.75, 3.05) is 12.4 Å². The van der Waals surface area contributed by atoms with Gasteiger partial charge in [0.2, 0.25) is 0 Å². The molecule has 0 radical (unpaired) electrons. The predicted molar refractivity (Wildman–Crippen MR) is 105 cm³/mol. The highest BCUT2D eigenvalue weighted by Gasteiger charge is 2.20.